The number of rotatable bonds is 8. The van der Waals surface area contributed by atoms with Gasteiger partial charge in [0.1, 0.15) is 0 Å². The largest absolute Gasteiger partial charge is 0.387 e. The highest BCUT2D eigenvalue weighted by atomic mass is 16.5. The first-order chi connectivity index (χ1) is 12.3. The summed E-state index contributed by atoms with van der Waals surface area (Å²) >= 11 is 0. The van der Waals surface area contributed by atoms with E-state index in [0.717, 1.165) is 37.1 Å². The van der Waals surface area contributed by atoms with E-state index in [4.69, 9.17) is 4.52 Å². The third kappa shape index (κ3) is 4.22. The lowest BCUT2D eigenvalue weighted by atomic mass is 10.0. The van der Waals surface area contributed by atoms with E-state index in [0.29, 0.717) is 29.1 Å². The zero-order chi connectivity index (χ0) is 18.9. The minimum atomic E-state index is -1.01. The van der Waals surface area contributed by atoms with Gasteiger partial charge in [-0.1, -0.05) is 18.5 Å². The van der Waals surface area contributed by atoms with Gasteiger partial charge in [0.2, 0.25) is 0 Å². The van der Waals surface area contributed by atoms with Crippen molar-refractivity contribution in [3.8, 4) is 0 Å². The number of hydrogen-bond acceptors (Lipinski definition) is 6. The predicted molar refractivity (Wildman–Crippen MR) is 99.3 cm³/mol. The second-order valence-electron chi connectivity index (χ2n) is 7.85. The van der Waals surface area contributed by atoms with E-state index in [9.17, 15) is 9.90 Å². The third-order valence-electron chi connectivity index (χ3n) is 4.55. The van der Waals surface area contributed by atoms with E-state index in [1.54, 1.807) is 6.92 Å². The minimum Gasteiger partial charge on any atom is -0.387 e. The molecule has 2 heterocycles. The maximum atomic E-state index is 12.9. The van der Waals surface area contributed by atoms with Gasteiger partial charge < -0.3 is 19.8 Å². The Morgan fingerprint density at radius 2 is 2.19 bits per heavy atom. The quantitative estimate of drug-likeness (QED) is 0.749. The standard InChI is InChI=1S/C19H28N4O3/c1-5-6-14-16-13(17(24)20-10-19(2,25)11-23(3)4)9-15(12-7-8-12)21-18(16)26-22-14/h9,12,25H,5-8,10-11H2,1-4H3,(H,20,24)/t19-/m1/s1. The molecule has 0 unspecified atom stereocenters. The normalized spacial score (nSPS) is 16.8. The van der Waals surface area contributed by atoms with Crippen LogP contribution in [0.25, 0.3) is 11.1 Å². The molecule has 1 aliphatic rings. The van der Waals surface area contributed by atoms with E-state index in [1.807, 2.05) is 25.1 Å². The second kappa shape index (κ2) is 7.32. The van der Waals surface area contributed by atoms with Crippen LogP contribution in [0, 0.1) is 0 Å². The van der Waals surface area contributed by atoms with E-state index >= 15 is 0 Å². The van der Waals surface area contributed by atoms with Crippen LogP contribution < -0.4 is 5.32 Å². The summed E-state index contributed by atoms with van der Waals surface area (Å²) in [7, 11) is 3.78. The first kappa shape index (κ1) is 18.8. The van der Waals surface area contributed by atoms with Crippen molar-refractivity contribution in [1.29, 1.82) is 0 Å². The van der Waals surface area contributed by atoms with Gasteiger partial charge in [-0.2, -0.15) is 0 Å². The fraction of sp³-hybridized carbons (Fsp3) is 0.632. The Kier molecular flexibility index (Phi) is 5.29. The summed E-state index contributed by atoms with van der Waals surface area (Å²) in [6.45, 7) is 4.40. The zero-order valence-corrected chi connectivity index (χ0v) is 16.0. The van der Waals surface area contributed by atoms with E-state index in [1.165, 1.54) is 0 Å². The number of likely N-dealkylation sites (N-methyl/N-ethyl adjacent to an activating group) is 1. The van der Waals surface area contributed by atoms with Gasteiger partial charge in [-0.3, -0.25) is 4.79 Å². The number of aromatic nitrogens is 2. The third-order valence-corrected chi connectivity index (χ3v) is 4.55. The number of aryl methyl sites for hydroxylation is 1. The number of amides is 1. The van der Waals surface area contributed by atoms with Crippen LogP contribution >= 0.6 is 0 Å². The zero-order valence-electron chi connectivity index (χ0n) is 16.0. The molecule has 1 amide bonds. The number of pyridine rings is 1. The van der Waals surface area contributed by atoms with E-state index in [2.05, 4.69) is 22.4 Å². The van der Waals surface area contributed by atoms with Crippen molar-refractivity contribution in [2.45, 2.75) is 51.0 Å². The Hall–Kier alpha value is -1.99. The maximum absolute atomic E-state index is 12.9. The summed E-state index contributed by atoms with van der Waals surface area (Å²) in [5.41, 5.74) is 1.63. The topological polar surface area (TPSA) is 91.5 Å². The van der Waals surface area contributed by atoms with Crippen molar-refractivity contribution in [2.24, 2.45) is 0 Å². The smallest absolute Gasteiger partial charge is 0.259 e. The molecule has 26 heavy (non-hydrogen) atoms. The molecule has 2 N–H and O–H groups in total. The molecule has 0 spiro atoms. The Morgan fingerprint density at radius 3 is 2.81 bits per heavy atom. The van der Waals surface area contributed by atoms with Crippen LogP contribution in [0.4, 0.5) is 0 Å². The molecule has 0 radical (unpaired) electrons. The average molecular weight is 360 g/mol. The highest BCUT2D eigenvalue weighted by molar-refractivity contribution is 6.06. The minimum absolute atomic E-state index is 0.168. The number of fused-ring (bicyclic) bond motifs is 1. The molecular weight excluding hydrogens is 332 g/mol. The summed E-state index contributed by atoms with van der Waals surface area (Å²) in [5.74, 6) is 0.182. The highest BCUT2D eigenvalue weighted by Crippen LogP contribution is 2.40. The summed E-state index contributed by atoms with van der Waals surface area (Å²) in [4.78, 5) is 19.4. The number of carbonyl (C=O) groups is 1. The summed E-state index contributed by atoms with van der Waals surface area (Å²) in [6, 6.07) is 1.87. The monoisotopic (exact) mass is 360 g/mol. The van der Waals surface area contributed by atoms with Crippen molar-refractivity contribution in [2.75, 3.05) is 27.2 Å². The molecule has 0 aliphatic heterocycles. The number of hydrogen-bond donors (Lipinski definition) is 2. The molecule has 0 bridgehead atoms. The number of aliphatic hydroxyl groups is 1. The molecule has 1 fully saturated rings. The number of nitrogens with zero attached hydrogens (tertiary/aromatic N) is 3. The Balaban J connectivity index is 1.89. The van der Waals surface area contributed by atoms with Crippen molar-refractivity contribution >= 4 is 17.0 Å². The molecule has 7 heteroatoms. The van der Waals surface area contributed by atoms with Crippen LogP contribution in [0.3, 0.4) is 0 Å². The van der Waals surface area contributed by atoms with Gasteiger partial charge in [-0.15, -0.1) is 0 Å². The van der Waals surface area contributed by atoms with Crippen LogP contribution in [-0.4, -0.2) is 58.8 Å². The van der Waals surface area contributed by atoms with Crippen molar-refractivity contribution in [3.63, 3.8) is 0 Å². The Morgan fingerprint density at radius 1 is 1.46 bits per heavy atom. The Labute approximate surface area is 153 Å². The fourth-order valence-corrected chi connectivity index (χ4v) is 3.31. The molecule has 1 saturated carbocycles. The number of carbonyl (C=O) groups excluding carboxylic acids is 1. The van der Waals surface area contributed by atoms with E-state index in [-0.39, 0.29) is 12.5 Å². The summed E-state index contributed by atoms with van der Waals surface area (Å²) in [5, 5.41) is 18.1. The second-order valence-corrected chi connectivity index (χ2v) is 7.85. The summed E-state index contributed by atoms with van der Waals surface area (Å²) in [6.07, 6.45) is 3.82. The lowest BCUT2D eigenvalue weighted by Crippen LogP contribution is -2.47. The lowest BCUT2D eigenvalue weighted by molar-refractivity contribution is 0.0326. The van der Waals surface area contributed by atoms with Crippen LogP contribution in [0.1, 0.15) is 60.8 Å². The molecule has 0 aromatic carbocycles. The molecule has 7 nitrogen and oxygen atoms in total. The van der Waals surface area contributed by atoms with E-state index < -0.39 is 5.60 Å². The molecule has 0 saturated heterocycles. The molecular formula is C19H28N4O3. The SMILES string of the molecule is CCCc1noc2nc(C3CC3)cc(C(=O)NC[C@@](C)(O)CN(C)C)c12. The lowest BCUT2D eigenvalue weighted by Gasteiger charge is -2.27. The molecule has 1 atom stereocenters. The molecule has 2 aromatic heterocycles. The highest BCUT2D eigenvalue weighted by Gasteiger charge is 2.30. The van der Waals surface area contributed by atoms with Gasteiger partial charge in [0.25, 0.3) is 11.6 Å². The van der Waals surface area contributed by atoms with Crippen LogP contribution in [0.5, 0.6) is 0 Å². The summed E-state index contributed by atoms with van der Waals surface area (Å²) < 4.78 is 5.41. The first-order valence-corrected chi connectivity index (χ1v) is 9.25. The maximum Gasteiger partial charge on any atom is 0.259 e. The van der Waals surface area contributed by atoms with Gasteiger partial charge >= 0.3 is 0 Å². The van der Waals surface area contributed by atoms with Crippen LogP contribution in [0.15, 0.2) is 10.6 Å². The first-order valence-electron chi connectivity index (χ1n) is 9.25. The molecule has 3 rings (SSSR count). The van der Waals surface area contributed by atoms with Crippen molar-refractivity contribution in [3.05, 3.63) is 23.0 Å². The van der Waals surface area contributed by atoms with Gasteiger partial charge in [-0.05, 0) is 46.3 Å². The van der Waals surface area contributed by atoms with Crippen molar-refractivity contribution < 1.29 is 14.4 Å². The van der Waals surface area contributed by atoms with Crippen molar-refractivity contribution in [1.82, 2.24) is 20.4 Å². The van der Waals surface area contributed by atoms with Gasteiger partial charge in [0.15, 0.2) is 0 Å². The molecule has 1 aliphatic carbocycles. The number of nitrogens with one attached hydrogen (secondary N) is 1. The average Bonchev–Trinajstić information content (AvgIpc) is 3.33. The van der Waals surface area contributed by atoms with Gasteiger partial charge in [0, 0.05) is 24.7 Å². The fourth-order valence-electron chi connectivity index (χ4n) is 3.31. The molecule has 142 valence electrons. The Bertz CT molecular complexity index is 793. The molecule has 2 aromatic rings. The van der Waals surface area contributed by atoms with Crippen LogP contribution in [0.2, 0.25) is 0 Å². The van der Waals surface area contributed by atoms with Gasteiger partial charge in [-0.25, -0.2) is 4.98 Å². The predicted octanol–water partition coefficient (Wildman–Crippen LogP) is 2.10. The van der Waals surface area contributed by atoms with Gasteiger partial charge in [0.05, 0.1) is 22.2 Å². The van der Waals surface area contributed by atoms with Crippen LogP contribution in [-0.2, 0) is 6.42 Å².